The summed E-state index contributed by atoms with van der Waals surface area (Å²) in [6, 6.07) is 15.1. The van der Waals surface area contributed by atoms with Crippen LogP contribution in [0.3, 0.4) is 0 Å². The lowest BCUT2D eigenvalue weighted by Crippen LogP contribution is -2.15. The summed E-state index contributed by atoms with van der Waals surface area (Å²) in [5.74, 6) is 0.240. The average Bonchev–Trinajstić information content (AvgIpc) is 3.05. The lowest BCUT2D eigenvalue weighted by molar-refractivity contribution is -0.116. The van der Waals surface area contributed by atoms with Crippen LogP contribution in [0.5, 0.6) is 5.75 Å². The van der Waals surface area contributed by atoms with E-state index in [1.807, 2.05) is 18.4 Å². The number of hydrogen-bond acceptors (Lipinski definition) is 3. The van der Waals surface area contributed by atoms with E-state index in [-0.39, 0.29) is 23.9 Å². The number of nitrogens with zero attached hydrogens (tertiary/aromatic N) is 1. The van der Waals surface area contributed by atoms with Gasteiger partial charge in [-0.1, -0.05) is 0 Å². The minimum atomic E-state index is -0.324. The molecule has 1 heterocycles. The molecule has 30 heavy (non-hydrogen) atoms. The van der Waals surface area contributed by atoms with Crippen molar-refractivity contribution in [2.75, 3.05) is 11.9 Å². The Kier molecular flexibility index (Phi) is 6.67. The van der Waals surface area contributed by atoms with Crippen molar-refractivity contribution in [2.24, 2.45) is 0 Å². The van der Waals surface area contributed by atoms with Gasteiger partial charge in [-0.3, -0.25) is 9.59 Å². The van der Waals surface area contributed by atoms with E-state index in [9.17, 15) is 14.0 Å². The Morgan fingerprint density at radius 3 is 2.33 bits per heavy atom. The summed E-state index contributed by atoms with van der Waals surface area (Å²) in [7, 11) is 0. The highest BCUT2D eigenvalue weighted by molar-refractivity contribution is 5.97. The van der Waals surface area contributed by atoms with Gasteiger partial charge in [0.25, 0.3) is 0 Å². The molecule has 0 aliphatic rings. The molecule has 0 radical (unpaired) electrons. The molecule has 0 saturated carbocycles. The summed E-state index contributed by atoms with van der Waals surface area (Å²) in [5.41, 5.74) is 3.65. The van der Waals surface area contributed by atoms with Crippen LogP contribution in [-0.4, -0.2) is 22.9 Å². The normalized spacial score (nSPS) is 10.7. The minimum Gasteiger partial charge on any atom is -0.494 e. The number of ketones is 1. The lowest BCUT2D eigenvalue weighted by Gasteiger charge is -2.13. The van der Waals surface area contributed by atoms with Crippen molar-refractivity contribution in [1.82, 2.24) is 4.57 Å². The molecule has 0 aliphatic heterocycles. The number of Topliss-reactive ketones (excluding diaryl/α,β-unsaturated/α-hetero) is 1. The Morgan fingerprint density at radius 1 is 1.07 bits per heavy atom. The number of aromatic nitrogens is 1. The molecule has 0 saturated heterocycles. The van der Waals surface area contributed by atoms with Crippen LogP contribution in [0.25, 0.3) is 11.3 Å². The number of halogens is 1. The van der Waals surface area contributed by atoms with E-state index in [1.165, 1.54) is 19.1 Å². The Morgan fingerprint density at radius 2 is 1.73 bits per heavy atom. The van der Waals surface area contributed by atoms with Crippen LogP contribution in [0.1, 0.15) is 36.3 Å². The molecule has 0 bridgehead atoms. The van der Waals surface area contributed by atoms with Crippen molar-refractivity contribution < 1.29 is 18.7 Å². The van der Waals surface area contributed by atoms with Crippen LogP contribution in [0.15, 0.2) is 54.6 Å². The van der Waals surface area contributed by atoms with Crippen molar-refractivity contribution >= 4 is 17.4 Å². The van der Waals surface area contributed by atoms with Gasteiger partial charge in [-0.05, 0) is 80.9 Å². The maximum Gasteiger partial charge on any atom is 0.226 e. The third kappa shape index (κ3) is 4.95. The quantitative estimate of drug-likeness (QED) is 0.519. The van der Waals surface area contributed by atoms with Crippen LogP contribution >= 0.6 is 0 Å². The first-order valence-corrected chi connectivity index (χ1v) is 9.88. The second-order valence-electron chi connectivity index (χ2n) is 7.00. The molecule has 0 aliphatic carbocycles. The molecule has 0 atom stereocenters. The number of carbonyl (C=O) groups is 2. The van der Waals surface area contributed by atoms with Crippen molar-refractivity contribution in [1.29, 1.82) is 0 Å². The largest absolute Gasteiger partial charge is 0.494 e. The first kappa shape index (κ1) is 21.3. The van der Waals surface area contributed by atoms with E-state index in [4.69, 9.17) is 4.74 Å². The third-order valence-electron chi connectivity index (χ3n) is 4.90. The molecule has 0 unspecified atom stereocenters. The highest BCUT2D eigenvalue weighted by Crippen LogP contribution is 2.27. The van der Waals surface area contributed by atoms with Crippen molar-refractivity contribution in [3.63, 3.8) is 0 Å². The zero-order valence-electron chi connectivity index (χ0n) is 17.4. The number of benzene rings is 2. The van der Waals surface area contributed by atoms with Crippen molar-refractivity contribution in [2.45, 2.75) is 33.7 Å². The van der Waals surface area contributed by atoms with Crippen LogP contribution < -0.4 is 10.1 Å². The molecule has 3 aromatic rings. The van der Waals surface area contributed by atoms with Crippen LogP contribution in [-0.2, 0) is 11.3 Å². The van der Waals surface area contributed by atoms with Gasteiger partial charge in [-0.15, -0.1) is 0 Å². The van der Waals surface area contributed by atoms with Gasteiger partial charge < -0.3 is 14.6 Å². The smallest absolute Gasteiger partial charge is 0.226 e. The van der Waals surface area contributed by atoms with E-state index in [0.29, 0.717) is 24.4 Å². The summed E-state index contributed by atoms with van der Waals surface area (Å²) in [4.78, 5) is 24.5. The summed E-state index contributed by atoms with van der Waals surface area (Å²) in [6.07, 6.45) is 0.230. The van der Waals surface area contributed by atoms with Gasteiger partial charge in [0, 0.05) is 35.6 Å². The number of amides is 1. The van der Waals surface area contributed by atoms with Gasteiger partial charge in [0.1, 0.15) is 11.6 Å². The molecule has 3 rings (SSSR count). The zero-order valence-corrected chi connectivity index (χ0v) is 17.4. The SMILES string of the molecule is CCOc1ccc(NC(=O)CCn2c(-c3ccc(F)cc3)cc(C(C)=O)c2C)cc1. The van der Waals surface area contributed by atoms with E-state index in [0.717, 1.165) is 22.7 Å². The average molecular weight is 408 g/mol. The number of ether oxygens (including phenoxy) is 1. The maximum atomic E-state index is 13.3. The molecule has 2 aromatic carbocycles. The maximum absolute atomic E-state index is 13.3. The first-order valence-electron chi connectivity index (χ1n) is 9.88. The fraction of sp³-hybridized carbons (Fsp3) is 0.250. The Labute approximate surface area is 175 Å². The van der Waals surface area contributed by atoms with Gasteiger partial charge in [0.15, 0.2) is 5.78 Å². The summed E-state index contributed by atoms with van der Waals surface area (Å²) < 4.78 is 20.7. The first-order chi connectivity index (χ1) is 14.4. The van der Waals surface area contributed by atoms with Gasteiger partial charge in [-0.25, -0.2) is 4.39 Å². The predicted molar refractivity (Wildman–Crippen MR) is 115 cm³/mol. The monoisotopic (exact) mass is 408 g/mol. The van der Waals surface area contributed by atoms with Gasteiger partial charge in [0.05, 0.1) is 6.61 Å². The van der Waals surface area contributed by atoms with Crippen molar-refractivity contribution in [3.05, 3.63) is 71.7 Å². The van der Waals surface area contributed by atoms with Crippen LogP contribution in [0.2, 0.25) is 0 Å². The predicted octanol–water partition coefficient (Wildman–Crippen LogP) is 5.23. The molecule has 1 amide bonds. The molecular formula is C24H25FN2O3. The zero-order chi connectivity index (χ0) is 21.7. The summed E-state index contributed by atoms with van der Waals surface area (Å²) >= 11 is 0. The molecule has 156 valence electrons. The highest BCUT2D eigenvalue weighted by Gasteiger charge is 2.17. The lowest BCUT2D eigenvalue weighted by atomic mass is 10.1. The standard InChI is InChI=1S/C24H25FN2O3/c1-4-30-21-11-9-20(10-12-21)26-24(29)13-14-27-16(2)22(17(3)28)15-23(27)18-5-7-19(25)8-6-18/h5-12,15H,4,13-14H2,1-3H3,(H,26,29). The number of nitrogens with one attached hydrogen (secondary N) is 1. The molecule has 6 heteroatoms. The number of hydrogen-bond donors (Lipinski definition) is 1. The van der Waals surface area contributed by atoms with E-state index in [1.54, 1.807) is 42.5 Å². The summed E-state index contributed by atoms with van der Waals surface area (Å²) in [5, 5.41) is 2.87. The van der Waals surface area contributed by atoms with Crippen molar-refractivity contribution in [3.8, 4) is 17.0 Å². The fourth-order valence-corrected chi connectivity index (χ4v) is 3.39. The number of carbonyl (C=O) groups excluding carboxylic acids is 2. The molecule has 1 aromatic heterocycles. The Balaban J connectivity index is 1.75. The molecule has 0 spiro atoms. The van der Waals surface area contributed by atoms with E-state index >= 15 is 0 Å². The second kappa shape index (κ2) is 9.39. The summed E-state index contributed by atoms with van der Waals surface area (Å²) in [6.45, 7) is 6.26. The fourth-order valence-electron chi connectivity index (χ4n) is 3.39. The Hall–Kier alpha value is -3.41. The Bertz CT molecular complexity index is 1040. The minimum absolute atomic E-state index is 0.0477. The number of rotatable bonds is 8. The molecular weight excluding hydrogens is 383 g/mol. The third-order valence-corrected chi connectivity index (χ3v) is 4.90. The van der Waals surface area contributed by atoms with Crippen LogP contribution in [0, 0.1) is 12.7 Å². The molecule has 5 nitrogen and oxygen atoms in total. The highest BCUT2D eigenvalue weighted by atomic mass is 19.1. The van der Waals surface area contributed by atoms with Crippen LogP contribution in [0.4, 0.5) is 10.1 Å². The van der Waals surface area contributed by atoms with Gasteiger partial charge >= 0.3 is 0 Å². The molecule has 1 N–H and O–H groups in total. The van der Waals surface area contributed by atoms with E-state index < -0.39 is 0 Å². The molecule has 0 fully saturated rings. The number of anilines is 1. The van der Waals surface area contributed by atoms with Gasteiger partial charge in [-0.2, -0.15) is 0 Å². The topological polar surface area (TPSA) is 60.3 Å². The second-order valence-corrected chi connectivity index (χ2v) is 7.00. The van der Waals surface area contributed by atoms with Gasteiger partial charge in [0.2, 0.25) is 5.91 Å². The van der Waals surface area contributed by atoms with E-state index in [2.05, 4.69) is 5.32 Å².